The van der Waals surface area contributed by atoms with Gasteiger partial charge in [-0.2, -0.15) is 0 Å². The van der Waals surface area contributed by atoms with E-state index in [1.165, 1.54) is 6.92 Å². The molecule has 3 heterocycles. The first kappa shape index (κ1) is 36.8. The molecule has 3 aliphatic rings. The van der Waals surface area contributed by atoms with Crippen LogP contribution in [-0.4, -0.2) is 169 Å². The van der Waals surface area contributed by atoms with Crippen molar-refractivity contribution in [2.75, 3.05) is 19.8 Å². The minimum absolute atomic E-state index is 0.127. The number of hydrogen-bond acceptors (Lipinski definition) is 16. The van der Waals surface area contributed by atoms with Gasteiger partial charge in [0, 0.05) is 0 Å². The fraction of sp³-hybridized carbons (Fsp3) is 1.00. The van der Waals surface area contributed by atoms with E-state index in [0.717, 1.165) is 0 Å². The lowest BCUT2D eigenvalue weighted by Crippen LogP contribution is -2.66. The molecule has 3 aliphatic heterocycles. The van der Waals surface area contributed by atoms with Crippen molar-refractivity contribution in [3.8, 4) is 0 Å². The maximum Gasteiger partial charge on any atom is 0.195 e. The Kier molecular flexibility index (Phi) is 12.0. The van der Waals surface area contributed by atoms with Gasteiger partial charge >= 0.3 is 0 Å². The molecule has 15 unspecified atom stereocenters. The molecule has 16 heteroatoms. The average Bonchev–Trinajstić information content (AvgIpc) is 2.89. The molecule has 0 aromatic carbocycles. The third-order valence-electron chi connectivity index (χ3n) is 7.35. The molecular weight excluding hydrogens is 580 g/mol. The van der Waals surface area contributed by atoms with Gasteiger partial charge in [0.2, 0.25) is 0 Å². The highest BCUT2D eigenvalue weighted by Crippen LogP contribution is 2.35. The highest BCUT2D eigenvalue weighted by Gasteiger charge is 2.54. The van der Waals surface area contributed by atoms with Crippen molar-refractivity contribution >= 4 is 0 Å². The lowest BCUT2D eigenvalue weighted by Gasteiger charge is -2.49. The third kappa shape index (κ3) is 9.00. The summed E-state index contributed by atoms with van der Waals surface area (Å²) in [5.41, 5.74) is -1.38. The van der Waals surface area contributed by atoms with Crippen molar-refractivity contribution in [2.45, 2.75) is 151 Å². The van der Waals surface area contributed by atoms with E-state index in [-0.39, 0.29) is 6.61 Å². The molecule has 0 aromatic heterocycles. The summed E-state index contributed by atoms with van der Waals surface area (Å²) in [7, 11) is 0. The Morgan fingerprint density at radius 3 is 1.40 bits per heavy atom. The van der Waals surface area contributed by atoms with E-state index in [1.807, 2.05) is 0 Å². The van der Waals surface area contributed by atoms with Gasteiger partial charge in [0.25, 0.3) is 0 Å². The third-order valence-corrected chi connectivity index (χ3v) is 7.35. The van der Waals surface area contributed by atoms with Crippen molar-refractivity contribution in [1.82, 2.24) is 0 Å². The summed E-state index contributed by atoms with van der Waals surface area (Å²) >= 11 is 0. The van der Waals surface area contributed by atoms with Gasteiger partial charge in [0.15, 0.2) is 18.4 Å². The van der Waals surface area contributed by atoms with Gasteiger partial charge < -0.3 is 79.1 Å². The molecule has 3 fully saturated rings. The van der Waals surface area contributed by atoms with E-state index in [9.17, 15) is 46.0 Å². The molecule has 0 saturated carbocycles. The first-order valence-corrected chi connectivity index (χ1v) is 14.3. The minimum Gasteiger partial charge on any atom is -0.387 e. The van der Waals surface area contributed by atoms with Crippen LogP contribution in [0.25, 0.3) is 0 Å². The van der Waals surface area contributed by atoms with Crippen LogP contribution in [0.2, 0.25) is 0 Å². The minimum atomic E-state index is -1.77. The summed E-state index contributed by atoms with van der Waals surface area (Å²) in [5.74, 6) is -1.74. The molecule has 3 saturated heterocycles. The van der Waals surface area contributed by atoms with Crippen LogP contribution >= 0.6 is 0 Å². The number of aliphatic hydroxyl groups excluding tert-OH is 9. The van der Waals surface area contributed by atoms with Crippen LogP contribution in [0, 0.1) is 0 Å². The summed E-state index contributed by atoms with van der Waals surface area (Å²) in [6.07, 6.45) is -21.6. The van der Waals surface area contributed by atoms with Crippen molar-refractivity contribution in [3.63, 3.8) is 0 Å². The second-order valence-corrected chi connectivity index (χ2v) is 13.4. The first-order valence-electron chi connectivity index (χ1n) is 14.3. The van der Waals surface area contributed by atoms with Crippen LogP contribution in [0.4, 0.5) is 0 Å². The van der Waals surface area contributed by atoms with Gasteiger partial charge in [0.05, 0.1) is 31.0 Å². The van der Waals surface area contributed by atoms with Gasteiger partial charge in [-0.05, 0) is 48.5 Å². The van der Waals surface area contributed by atoms with Gasteiger partial charge in [-0.15, -0.1) is 0 Å². The Balaban J connectivity index is 1.64. The van der Waals surface area contributed by atoms with E-state index < -0.39 is 116 Å². The van der Waals surface area contributed by atoms with E-state index in [1.54, 1.807) is 41.5 Å². The molecule has 15 atom stereocenters. The lowest BCUT2D eigenvalue weighted by atomic mass is 9.93. The second kappa shape index (κ2) is 14.0. The Morgan fingerprint density at radius 1 is 0.535 bits per heavy atom. The van der Waals surface area contributed by atoms with Gasteiger partial charge in [-0.1, -0.05) is 0 Å². The quantitative estimate of drug-likeness (QED) is 0.120. The lowest BCUT2D eigenvalue weighted by molar-refractivity contribution is -0.384. The maximum atomic E-state index is 10.5. The zero-order valence-corrected chi connectivity index (χ0v) is 25.6. The molecule has 9 N–H and O–H groups in total. The zero-order valence-electron chi connectivity index (χ0n) is 25.6. The summed E-state index contributed by atoms with van der Waals surface area (Å²) in [6, 6.07) is 0. The van der Waals surface area contributed by atoms with Crippen LogP contribution in [0.1, 0.15) is 48.5 Å². The van der Waals surface area contributed by atoms with E-state index in [4.69, 9.17) is 33.2 Å². The number of rotatable bonds is 9. The van der Waals surface area contributed by atoms with Crippen LogP contribution in [-0.2, 0) is 33.2 Å². The van der Waals surface area contributed by atoms with E-state index >= 15 is 0 Å². The number of aliphatic hydroxyl groups is 9. The fourth-order valence-electron chi connectivity index (χ4n) is 5.08. The standard InChI is InChI=1S/C27H50O16/c1-25(2,3)39-10-12-15(29)18(32)21(35)23(41-12)37-8-11-14(28)17(31)20(34)24(40-11)38-9-13-16(30)19(33)22(36)27(7,42-13)43-26(4,5)6/h11-24,28-36H,8-10H2,1-7H3. The largest absolute Gasteiger partial charge is 0.387 e. The predicted molar refractivity (Wildman–Crippen MR) is 143 cm³/mol. The molecule has 0 spiro atoms. The summed E-state index contributed by atoms with van der Waals surface area (Å²) in [5, 5.41) is 93.9. The maximum absolute atomic E-state index is 10.5. The molecular formula is C27H50O16. The Bertz CT molecular complexity index is 880. The van der Waals surface area contributed by atoms with Crippen LogP contribution < -0.4 is 0 Å². The number of hydrogen-bond donors (Lipinski definition) is 9. The zero-order chi connectivity index (χ0) is 32.7. The van der Waals surface area contributed by atoms with Crippen LogP contribution in [0.5, 0.6) is 0 Å². The Morgan fingerprint density at radius 2 is 0.953 bits per heavy atom. The highest BCUT2D eigenvalue weighted by atomic mass is 16.8. The molecule has 43 heavy (non-hydrogen) atoms. The van der Waals surface area contributed by atoms with Gasteiger partial charge in [0.1, 0.15) is 73.2 Å². The Hall–Kier alpha value is -0.640. The van der Waals surface area contributed by atoms with Crippen LogP contribution in [0.3, 0.4) is 0 Å². The highest BCUT2D eigenvalue weighted by molar-refractivity contribution is 4.97. The molecule has 16 nitrogen and oxygen atoms in total. The van der Waals surface area contributed by atoms with Crippen molar-refractivity contribution in [2.24, 2.45) is 0 Å². The SMILES string of the molecule is CC(C)(C)OCC1OC(OCC2OC(OCC3OC(C)(OC(C)(C)C)C(O)C(O)C3O)C(O)C(O)C2O)C(O)C(O)C1O. The molecule has 0 amide bonds. The molecule has 0 radical (unpaired) electrons. The number of ether oxygens (including phenoxy) is 7. The smallest absolute Gasteiger partial charge is 0.195 e. The van der Waals surface area contributed by atoms with Crippen molar-refractivity contribution in [3.05, 3.63) is 0 Å². The fourth-order valence-corrected chi connectivity index (χ4v) is 5.08. The van der Waals surface area contributed by atoms with Crippen molar-refractivity contribution in [1.29, 1.82) is 0 Å². The van der Waals surface area contributed by atoms with Crippen LogP contribution in [0.15, 0.2) is 0 Å². The summed E-state index contributed by atoms with van der Waals surface area (Å²) < 4.78 is 39.5. The van der Waals surface area contributed by atoms with E-state index in [2.05, 4.69) is 0 Å². The molecule has 254 valence electrons. The normalized spacial score (nSPS) is 46.6. The average molecular weight is 631 g/mol. The topological polar surface area (TPSA) is 247 Å². The molecule has 0 aliphatic carbocycles. The van der Waals surface area contributed by atoms with Gasteiger partial charge in [-0.3, -0.25) is 0 Å². The summed E-state index contributed by atoms with van der Waals surface area (Å²) in [6.45, 7) is 10.7. The molecule has 0 aromatic rings. The molecule has 0 bridgehead atoms. The molecule has 3 rings (SSSR count). The second-order valence-electron chi connectivity index (χ2n) is 13.4. The van der Waals surface area contributed by atoms with Crippen molar-refractivity contribution < 1.29 is 79.1 Å². The first-order chi connectivity index (χ1) is 19.6. The van der Waals surface area contributed by atoms with Gasteiger partial charge in [-0.25, -0.2) is 0 Å². The predicted octanol–water partition coefficient (Wildman–Crippen LogP) is -3.54. The Labute approximate surface area is 250 Å². The monoisotopic (exact) mass is 630 g/mol. The van der Waals surface area contributed by atoms with E-state index in [0.29, 0.717) is 0 Å². The summed E-state index contributed by atoms with van der Waals surface area (Å²) in [4.78, 5) is 0.